The molecule has 1 atom stereocenters. The Hall–Kier alpha value is -1.42. The highest BCUT2D eigenvalue weighted by molar-refractivity contribution is 7.90. The molecule has 0 bridgehead atoms. The number of nitrogens with zero attached hydrogens (tertiary/aromatic N) is 2. The van der Waals surface area contributed by atoms with Gasteiger partial charge >= 0.3 is 0 Å². The van der Waals surface area contributed by atoms with Crippen molar-refractivity contribution in [1.29, 1.82) is 5.26 Å². The van der Waals surface area contributed by atoms with Gasteiger partial charge in [0.05, 0.1) is 23.5 Å². The molecule has 0 amide bonds. The highest BCUT2D eigenvalue weighted by atomic mass is 32.2. The summed E-state index contributed by atoms with van der Waals surface area (Å²) >= 11 is 0. The van der Waals surface area contributed by atoms with Crippen LogP contribution >= 0.6 is 0 Å². The SMILES string of the molecule is CC(C)N(CCS(C)(=O)=O)CC(O)c1ccc(C#N)cc1. The summed E-state index contributed by atoms with van der Waals surface area (Å²) < 4.78 is 22.5. The lowest BCUT2D eigenvalue weighted by Crippen LogP contribution is -2.38. The lowest BCUT2D eigenvalue weighted by molar-refractivity contribution is 0.0996. The van der Waals surface area contributed by atoms with Gasteiger partial charge in [-0.3, -0.25) is 4.90 Å². The predicted octanol–water partition coefficient (Wildman–Crippen LogP) is 1.35. The van der Waals surface area contributed by atoms with Crippen LogP contribution in [0.1, 0.15) is 31.1 Å². The fourth-order valence-electron chi connectivity index (χ4n) is 1.95. The number of hydrogen-bond acceptors (Lipinski definition) is 5. The molecule has 0 aliphatic heterocycles. The molecule has 1 rings (SSSR count). The fraction of sp³-hybridized carbons (Fsp3) is 0.533. The second-order valence-electron chi connectivity index (χ2n) is 5.47. The Balaban J connectivity index is 2.71. The maximum absolute atomic E-state index is 11.3. The molecule has 0 spiro atoms. The summed E-state index contributed by atoms with van der Waals surface area (Å²) in [5.41, 5.74) is 1.27. The molecule has 116 valence electrons. The van der Waals surface area contributed by atoms with E-state index in [-0.39, 0.29) is 11.8 Å². The van der Waals surface area contributed by atoms with Crippen molar-refractivity contribution < 1.29 is 13.5 Å². The first-order valence-electron chi connectivity index (χ1n) is 6.83. The van der Waals surface area contributed by atoms with Gasteiger partial charge in [0.1, 0.15) is 9.84 Å². The molecule has 1 aromatic carbocycles. The number of rotatable bonds is 7. The van der Waals surface area contributed by atoms with E-state index in [2.05, 4.69) is 0 Å². The highest BCUT2D eigenvalue weighted by Gasteiger charge is 2.17. The lowest BCUT2D eigenvalue weighted by atomic mass is 10.1. The monoisotopic (exact) mass is 310 g/mol. The van der Waals surface area contributed by atoms with E-state index in [1.165, 1.54) is 6.26 Å². The second kappa shape index (κ2) is 7.55. The molecule has 0 heterocycles. The maximum Gasteiger partial charge on any atom is 0.148 e. The van der Waals surface area contributed by atoms with Gasteiger partial charge in [-0.2, -0.15) is 5.26 Å². The number of hydrogen-bond donors (Lipinski definition) is 1. The average Bonchev–Trinajstić information content (AvgIpc) is 2.42. The van der Waals surface area contributed by atoms with Crippen LogP contribution in [0.15, 0.2) is 24.3 Å². The molecule has 5 nitrogen and oxygen atoms in total. The van der Waals surface area contributed by atoms with E-state index in [1.54, 1.807) is 24.3 Å². The lowest BCUT2D eigenvalue weighted by Gasteiger charge is -2.28. The summed E-state index contributed by atoms with van der Waals surface area (Å²) in [5.74, 6) is 0.0747. The zero-order valence-electron chi connectivity index (χ0n) is 12.7. The molecular weight excluding hydrogens is 288 g/mol. The molecular formula is C15H22N2O3S. The van der Waals surface area contributed by atoms with E-state index in [1.807, 2.05) is 24.8 Å². The minimum Gasteiger partial charge on any atom is -0.387 e. The van der Waals surface area contributed by atoms with Crippen LogP contribution < -0.4 is 0 Å². The second-order valence-corrected chi connectivity index (χ2v) is 7.73. The molecule has 0 saturated heterocycles. The Kier molecular flexibility index (Phi) is 6.34. The zero-order chi connectivity index (χ0) is 16.0. The number of benzene rings is 1. The number of nitriles is 1. The van der Waals surface area contributed by atoms with Crippen LogP contribution in [0.3, 0.4) is 0 Å². The van der Waals surface area contributed by atoms with Crippen molar-refractivity contribution in [1.82, 2.24) is 4.90 Å². The van der Waals surface area contributed by atoms with E-state index in [4.69, 9.17) is 5.26 Å². The van der Waals surface area contributed by atoms with Gasteiger partial charge in [0, 0.05) is 25.4 Å². The Morgan fingerprint density at radius 2 is 1.86 bits per heavy atom. The Bertz CT molecular complexity index is 588. The van der Waals surface area contributed by atoms with Crippen LogP contribution in [-0.2, 0) is 9.84 Å². The molecule has 1 unspecified atom stereocenters. The molecule has 1 N–H and O–H groups in total. The largest absolute Gasteiger partial charge is 0.387 e. The van der Waals surface area contributed by atoms with Gasteiger partial charge in [0.2, 0.25) is 0 Å². The Morgan fingerprint density at radius 1 is 1.29 bits per heavy atom. The predicted molar refractivity (Wildman–Crippen MR) is 82.5 cm³/mol. The van der Waals surface area contributed by atoms with Gasteiger partial charge in [-0.05, 0) is 31.5 Å². The van der Waals surface area contributed by atoms with Crippen molar-refractivity contribution in [2.75, 3.05) is 25.1 Å². The quantitative estimate of drug-likeness (QED) is 0.822. The van der Waals surface area contributed by atoms with Crippen molar-refractivity contribution in [2.24, 2.45) is 0 Å². The molecule has 0 aromatic heterocycles. The van der Waals surface area contributed by atoms with Crippen molar-refractivity contribution in [3.05, 3.63) is 35.4 Å². The van der Waals surface area contributed by atoms with E-state index in [0.29, 0.717) is 18.7 Å². The zero-order valence-corrected chi connectivity index (χ0v) is 13.5. The van der Waals surface area contributed by atoms with E-state index in [0.717, 1.165) is 5.56 Å². The van der Waals surface area contributed by atoms with E-state index < -0.39 is 15.9 Å². The molecule has 1 aromatic rings. The summed E-state index contributed by atoms with van der Waals surface area (Å²) in [6.45, 7) is 4.69. The first-order chi connectivity index (χ1) is 9.73. The summed E-state index contributed by atoms with van der Waals surface area (Å²) in [6.07, 6.45) is 0.502. The van der Waals surface area contributed by atoms with E-state index in [9.17, 15) is 13.5 Å². The van der Waals surface area contributed by atoms with Crippen molar-refractivity contribution >= 4 is 9.84 Å². The van der Waals surface area contributed by atoms with Crippen LogP contribution in [0.2, 0.25) is 0 Å². The average molecular weight is 310 g/mol. The van der Waals surface area contributed by atoms with Crippen molar-refractivity contribution in [3.63, 3.8) is 0 Å². The third-order valence-electron chi connectivity index (χ3n) is 3.31. The minimum atomic E-state index is -3.02. The Labute approximate surface area is 126 Å². The summed E-state index contributed by atoms with van der Waals surface area (Å²) in [6, 6.07) is 8.93. The molecule has 6 heteroatoms. The van der Waals surface area contributed by atoms with Gasteiger partial charge in [-0.15, -0.1) is 0 Å². The molecule has 0 aliphatic carbocycles. The normalized spacial score (nSPS) is 13.4. The summed E-state index contributed by atoms with van der Waals surface area (Å²) in [5, 5.41) is 19.0. The topological polar surface area (TPSA) is 81.4 Å². The first-order valence-corrected chi connectivity index (χ1v) is 8.89. The third-order valence-corrected chi connectivity index (χ3v) is 4.24. The van der Waals surface area contributed by atoms with Crippen LogP contribution in [0.25, 0.3) is 0 Å². The van der Waals surface area contributed by atoms with E-state index >= 15 is 0 Å². The molecule has 0 fully saturated rings. The number of aliphatic hydroxyl groups excluding tert-OH is 1. The molecule has 0 aliphatic rings. The van der Waals surface area contributed by atoms with Gasteiger partial charge in [-0.25, -0.2) is 8.42 Å². The van der Waals surface area contributed by atoms with Gasteiger partial charge < -0.3 is 5.11 Å². The van der Waals surface area contributed by atoms with Crippen LogP contribution in [0, 0.1) is 11.3 Å². The number of sulfone groups is 1. The summed E-state index contributed by atoms with van der Waals surface area (Å²) in [7, 11) is -3.02. The van der Waals surface area contributed by atoms with Crippen LogP contribution in [-0.4, -0.2) is 49.6 Å². The van der Waals surface area contributed by atoms with Gasteiger partial charge in [0.25, 0.3) is 0 Å². The molecule has 0 radical (unpaired) electrons. The smallest absolute Gasteiger partial charge is 0.148 e. The van der Waals surface area contributed by atoms with Crippen LogP contribution in [0.4, 0.5) is 0 Å². The van der Waals surface area contributed by atoms with Gasteiger partial charge in [0.15, 0.2) is 0 Å². The highest BCUT2D eigenvalue weighted by Crippen LogP contribution is 2.16. The number of aliphatic hydroxyl groups is 1. The standard InChI is InChI=1S/C15H22N2O3S/c1-12(2)17(8-9-21(3,19)20)11-15(18)14-6-4-13(10-16)5-7-14/h4-7,12,15,18H,8-9,11H2,1-3H3. The molecule has 0 saturated carbocycles. The summed E-state index contributed by atoms with van der Waals surface area (Å²) in [4.78, 5) is 1.93. The first kappa shape index (κ1) is 17.6. The fourth-order valence-corrected chi connectivity index (χ4v) is 2.52. The van der Waals surface area contributed by atoms with Crippen molar-refractivity contribution in [3.8, 4) is 6.07 Å². The minimum absolute atomic E-state index is 0.0747. The van der Waals surface area contributed by atoms with Gasteiger partial charge in [-0.1, -0.05) is 12.1 Å². The third kappa shape index (κ3) is 6.25. The maximum atomic E-state index is 11.3. The molecule has 21 heavy (non-hydrogen) atoms. The van der Waals surface area contributed by atoms with Crippen molar-refractivity contribution in [2.45, 2.75) is 26.0 Å². The Morgan fingerprint density at radius 3 is 2.29 bits per heavy atom. The van der Waals surface area contributed by atoms with Crippen LogP contribution in [0.5, 0.6) is 0 Å².